The summed E-state index contributed by atoms with van der Waals surface area (Å²) in [7, 11) is 0. The summed E-state index contributed by atoms with van der Waals surface area (Å²) in [6.07, 6.45) is 5.02. The summed E-state index contributed by atoms with van der Waals surface area (Å²) in [5.74, 6) is 0.0809. The Morgan fingerprint density at radius 3 is 2.65 bits per heavy atom. The number of aliphatic hydroxyl groups is 1. The van der Waals surface area contributed by atoms with Crippen LogP contribution in [0.1, 0.15) is 63.1 Å². The van der Waals surface area contributed by atoms with Gasteiger partial charge in [0.1, 0.15) is 0 Å². The summed E-state index contributed by atoms with van der Waals surface area (Å²) in [6.45, 7) is 6.88. The highest BCUT2D eigenvalue weighted by atomic mass is 16.3. The molecule has 1 aliphatic carbocycles. The van der Waals surface area contributed by atoms with Crippen LogP contribution in [0.15, 0.2) is 24.4 Å². The molecular formula is C22H26N2O2. The molecule has 1 aromatic heterocycles. The second kappa shape index (κ2) is 6.51. The number of aryl methyl sites for hydroxylation is 1. The molecule has 1 saturated carbocycles. The zero-order valence-corrected chi connectivity index (χ0v) is 15.7. The van der Waals surface area contributed by atoms with E-state index in [0.717, 1.165) is 48.1 Å². The first-order valence-corrected chi connectivity index (χ1v) is 9.48. The molecule has 2 aromatic rings. The van der Waals surface area contributed by atoms with Gasteiger partial charge in [-0.2, -0.15) is 0 Å². The molecule has 1 aromatic carbocycles. The molecule has 2 atom stereocenters. The predicted molar refractivity (Wildman–Crippen MR) is 101 cm³/mol. The van der Waals surface area contributed by atoms with E-state index in [1.54, 1.807) is 0 Å². The van der Waals surface area contributed by atoms with Crippen molar-refractivity contribution < 1.29 is 9.90 Å². The molecule has 0 unspecified atom stereocenters. The van der Waals surface area contributed by atoms with E-state index in [1.807, 2.05) is 24.1 Å². The molecule has 4 nitrogen and oxygen atoms in total. The highest BCUT2D eigenvalue weighted by Crippen LogP contribution is 2.35. The molecule has 2 aliphatic rings. The van der Waals surface area contributed by atoms with Gasteiger partial charge < -0.3 is 10.0 Å². The van der Waals surface area contributed by atoms with Crippen LogP contribution in [0, 0.1) is 20.8 Å². The Labute approximate surface area is 154 Å². The minimum atomic E-state index is -0.382. The number of carbonyl (C=O) groups is 1. The van der Waals surface area contributed by atoms with Crippen LogP contribution >= 0.6 is 0 Å². The third kappa shape index (κ3) is 2.82. The molecule has 1 fully saturated rings. The lowest BCUT2D eigenvalue weighted by molar-refractivity contribution is 0.0479. The molecule has 0 saturated heterocycles. The average molecular weight is 350 g/mol. The Hall–Kier alpha value is -2.20. The van der Waals surface area contributed by atoms with Crippen molar-refractivity contribution in [2.75, 3.05) is 0 Å². The number of aliphatic hydroxyl groups excluding tert-OH is 1. The first kappa shape index (κ1) is 17.2. The lowest BCUT2D eigenvalue weighted by Gasteiger charge is -2.26. The van der Waals surface area contributed by atoms with Gasteiger partial charge in [0.05, 0.1) is 12.1 Å². The highest BCUT2D eigenvalue weighted by Gasteiger charge is 2.39. The van der Waals surface area contributed by atoms with E-state index in [1.165, 1.54) is 16.7 Å². The maximum Gasteiger partial charge on any atom is 0.254 e. The van der Waals surface area contributed by atoms with Crippen molar-refractivity contribution in [3.8, 4) is 0 Å². The molecule has 2 heterocycles. The fourth-order valence-electron chi connectivity index (χ4n) is 4.39. The SMILES string of the molecule is Cc1ccc(Cc2cc3c(c(C)c2C)CN([C@H]2CCC[C@@H]2O)C3=O)cn1. The smallest absolute Gasteiger partial charge is 0.254 e. The fraction of sp³-hybridized carbons (Fsp3) is 0.455. The number of hydrogen-bond acceptors (Lipinski definition) is 3. The van der Waals surface area contributed by atoms with Crippen molar-refractivity contribution >= 4 is 5.91 Å². The Morgan fingerprint density at radius 1 is 1.19 bits per heavy atom. The van der Waals surface area contributed by atoms with Gasteiger partial charge in [-0.1, -0.05) is 6.07 Å². The number of hydrogen-bond donors (Lipinski definition) is 1. The van der Waals surface area contributed by atoms with Gasteiger partial charge in [-0.15, -0.1) is 0 Å². The van der Waals surface area contributed by atoms with Gasteiger partial charge in [0.2, 0.25) is 0 Å². The Bertz CT molecular complexity index is 857. The van der Waals surface area contributed by atoms with Crippen LogP contribution < -0.4 is 0 Å². The molecule has 0 radical (unpaired) electrons. The Kier molecular flexibility index (Phi) is 4.31. The second-order valence-electron chi connectivity index (χ2n) is 7.80. The van der Waals surface area contributed by atoms with Crippen molar-refractivity contribution in [3.63, 3.8) is 0 Å². The fourth-order valence-corrected chi connectivity index (χ4v) is 4.39. The Balaban J connectivity index is 1.67. The molecule has 136 valence electrons. The molecule has 1 amide bonds. The first-order valence-electron chi connectivity index (χ1n) is 9.48. The first-order chi connectivity index (χ1) is 12.5. The monoisotopic (exact) mass is 350 g/mol. The summed E-state index contributed by atoms with van der Waals surface area (Å²) in [5, 5.41) is 10.2. The molecule has 26 heavy (non-hydrogen) atoms. The lowest BCUT2D eigenvalue weighted by atomic mass is 9.91. The van der Waals surface area contributed by atoms with Gasteiger partial charge in [-0.3, -0.25) is 9.78 Å². The summed E-state index contributed by atoms with van der Waals surface area (Å²) >= 11 is 0. The van der Waals surface area contributed by atoms with Crippen molar-refractivity contribution in [2.24, 2.45) is 0 Å². The van der Waals surface area contributed by atoms with Crippen LogP contribution in [0.3, 0.4) is 0 Å². The van der Waals surface area contributed by atoms with Crippen molar-refractivity contribution in [2.45, 2.75) is 65.1 Å². The predicted octanol–water partition coefficient (Wildman–Crippen LogP) is 3.47. The number of aromatic nitrogens is 1. The maximum absolute atomic E-state index is 13.0. The van der Waals surface area contributed by atoms with Crippen LogP contribution in [0.5, 0.6) is 0 Å². The molecule has 4 rings (SSSR count). The molecule has 0 bridgehead atoms. The molecule has 1 aliphatic heterocycles. The van der Waals surface area contributed by atoms with Crippen LogP contribution in [0.25, 0.3) is 0 Å². The largest absolute Gasteiger partial charge is 0.391 e. The van der Waals surface area contributed by atoms with Gasteiger partial charge >= 0.3 is 0 Å². The minimum absolute atomic E-state index is 0.0284. The topological polar surface area (TPSA) is 53.4 Å². The second-order valence-corrected chi connectivity index (χ2v) is 7.80. The van der Waals surface area contributed by atoms with Crippen LogP contribution in [0.2, 0.25) is 0 Å². The van der Waals surface area contributed by atoms with E-state index < -0.39 is 0 Å². The quantitative estimate of drug-likeness (QED) is 0.922. The number of carbonyl (C=O) groups excluding carboxylic acids is 1. The molecule has 1 N–H and O–H groups in total. The van der Waals surface area contributed by atoms with E-state index in [4.69, 9.17) is 0 Å². The highest BCUT2D eigenvalue weighted by molar-refractivity contribution is 5.99. The number of fused-ring (bicyclic) bond motifs is 1. The average Bonchev–Trinajstić information content (AvgIpc) is 3.18. The summed E-state index contributed by atoms with van der Waals surface area (Å²) in [6, 6.07) is 6.17. The van der Waals surface area contributed by atoms with Crippen LogP contribution in [-0.4, -0.2) is 33.0 Å². The van der Waals surface area contributed by atoms with E-state index in [-0.39, 0.29) is 18.1 Å². The van der Waals surface area contributed by atoms with Gasteiger partial charge in [-0.25, -0.2) is 0 Å². The van der Waals surface area contributed by atoms with E-state index in [2.05, 4.69) is 31.0 Å². The van der Waals surface area contributed by atoms with Crippen molar-refractivity contribution in [1.82, 2.24) is 9.88 Å². The Morgan fingerprint density at radius 2 is 2.00 bits per heavy atom. The van der Waals surface area contributed by atoms with Gasteiger partial charge in [0.15, 0.2) is 0 Å². The molecular weight excluding hydrogens is 324 g/mol. The van der Waals surface area contributed by atoms with Crippen molar-refractivity contribution in [1.29, 1.82) is 0 Å². The van der Waals surface area contributed by atoms with E-state index in [9.17, 15) is 9.90 Å². The minimum Gasteiger partial charge on any atom is -0.391 e. The number of amides is 1. The van der Waals surface area contributed by atoms with Crippen LogP contribution in [-0.2, 0) is 13.0 Å². The normalized spacial score (nSPS) is 22.2. The number of benzene rings is 1. The van der Waals surface area contributed by atoms with Crippen LogP contribution in [0.4, 0.5) is 0 Å². The number of pyridine rings is 1. The third-order valence-corrected chi connectivity index (χ3v) is 6.17. The maximum atomic E-state index is 13.0. The third-order valence-electron chi connectivity index (χ3n) is 6.17. The number of rotatable bonds is 3. The number of nitrogens with zero attached hydrogens (tertiary/aromatic N) is 2. The molecule has 0 spiro atoms. The summed E-state index contributed by atoms with van der Waals surface area (Å²) in [5.41, 5.74) is 7.78. The van der Waals surface area contributed by atoms with Gasteiger partial charge in [0, 0.05) is 24.0 Å². The lowest BCUT2D eigenvalue weighted by Crippen LogP contribution is -2.40. The zero-order valence-electron chi connectivity index (χ0n) is 15.7. The zero-order chi connectivity index (χ0) is 18.4. The van der Waals surface area contributed by atoms with E-state index >= 15 is 0 Å². The standard InChI is InChI=1S/C22H26N2O2/c1-13-7-8-16(11-23-13)9-17-10-18-19(15(3)14(17)2)12-24(22(18)26)20-5-4-6-21(20)25/h7-8,10-11,20-21,25H,4-6,9,12H2,1-3H3/t20-,21-/m0/s1. The molecule has 4 heteroatoms. The van der Waals surface area contributed by atoms with Crippen molar-refractivity contribution in [3.05, 3.63) is 63.5 Å². The van der Waals surface area contributed by atoms with Gasteiger partial charge in [-0.05, 0) is 86.4 Å². The summed E-state index contributed by atoms with van der Waals surface area (Å²) < 4.78 is 0. The van der Waals surface area contributed by atoms with Gasteiger partial charge in [0.25, 0.3) is 5.91 Å². The summed E-state index contributed by atoms with van der Waals surface area (Å²) in [4.78, 5) is 19.3. The van der Waals surface area contributed by atoms with E-state index in [0.29, 0.717) is 6.54 Å².